The largest absolute Gasteiger partial charge is 0.381 e. The lowest BCUT2D eigenvalue weighted by Crippen LogP contribution is -2.32. The molecule has 1 aromatic rings. The van der Waals surface area contributed by atoms with E-state index >= 15 is 0 Å². The fourth-order valence-electron chi connectivity index (χ4n) is 1.69. The van der Waals surface area contributed by atoms with Gasteiger partial charge in [-0.1, -0.05) is 6.07 Å². The first kappa shape index (κ1) is 11.6. The summed E-state index contributed by atoms with van der Waals surface area (Å²) >= 11 is 0. The molecule has 0 unspecified atom stereocenters. The van der Waals surface area contributed by atoms with Crippen LogP contribution in [0.1, 0.15) is 0 Å². The van der Waals surface area contributed by atoms with Gasteiger partial charge in [0.2, 0.25) is 0 Å². The molecule has 92 valence electrons. The number of benzene rings is 1. The lowest BCUT2D eigenvalue weighted by Gasteiger charge is -2.15. The van der Waals surface area contributed by atoms with E-state index in [0.717, 1.165) is 6.07 Å². The van der Waals surface area contributed by atoms with Crippen LogP contribution in [-0.2, 0) is 0 Å². The molecule has 17 heavy (non-hydrogen) atoms. The fraction of sp³-hybridized carbons (Fsp3) is 0.364. The first-order valence-electron chi connectivity index (χ1n) is 5.39. The van der Waals surface area contributed by atoms with Gasteiger partial charge in [0.15, 0.2) is 11.6 Å². The Bertz CT molecular complexity index is 425. The maximum atomic E-state index is 13.2. The number of hydrogen-bond donors (Lipinski definition) is 2. The Morgan fingerprint density at radius 1 is 1.41 bits per heavy atom. The highest BCUT2D eigenvalue weighted by molar-refractivity contribution is 5.76. The average Bonchev–Trinajstić information content (AvgIpc) is 2.71. The van der Waals surface area contributed by atoms with Gasteiger partial charge in [-0.05, 0) is 12.1 Å². The van der Waals surface area contributed by atoms with Crippen LogP contribution in [0.25, 0.3) is 0 Å². The molecule has 0 atom stereocenters. The van der Waals surface area contributed by atoms with E-state index in [0.29, 0.717) is 26.2 Å². The van der Waals surface area contributed by atoms with Crippen LogP contribution < -0.4 is 10.6 Å². The summed E-state index contributed by atoms with van der Waals surface area (Å²) in [5.41, 5.74) is 0.115. The van der Waals surface area contributed by atoms with Crippen molar-refractivity contribution in [2.45, 2.75) is 0 Å². The molecule has 1 aliphatic heterocycles. The normalized spacial score (nSPS) is 14.9. The van der Waals surface area contributed by atoms with Crippen molar-refractivity contribution >= 4 is 11.7 Å². The van der Waals surface area contributed by atoms with Crippen LogP contribution in [0.15, 0.2) is 18.2 Å². The van der Waals surface area contributed by atoms with E-state index in [1.54, 1.807) is 4.90 Å². The number of nitrogens with one attached hydrogen (secondary N) is 2. The fourth-order valence-corrected chi connectivity index (χ4v) is 1.69. The Morgan fingerprint density at radius 3 is 2.94 bits per heavy atom. The second-order valence-electron chi connectivity index (χ2n) is 3.75. The van der Waals surface area contributed by atoms with Crippen molar-refractivity contribution in [3.05, 3.63) is 29.8 Å². The van der Waals surface area contributed by atoms with E-state index in [-0.39, 0.29) is 11.7 Å². The van der Waals surface area contributed by atoms with Crippen LogP contribution in [0, 0.1) is 11.6 Å². The summed E-state index contributed by atoms with van der Waals surface area (Å²) in [6.07, 6.45) is 0. The number of halogens is 2. The highest BCUT2D eigenvalue weighted by Gasteiger charge is 2.18. The molecular weight excluding hydrogens is 228 g/mol. The quantitative estimate of drug-likeness (QED) is 0.837. The van der Waals surface area contributed by atoms with Crippen LogP contribution in [-0.4, -0.2) is 37.1 Å². The predicted octanol–water partition coefficient (Wildman–Crippen LogP) is 1.40. The molecule has 2 rings (SSSR count). The molecule has 1 aliphatic rings. The topological polar surface area (TPSA) is 44.4 Å². The van der Waals surface area contributed by atoms with Crippen LogP contribution in [0.2, 0.25) is 0 Å². The number of carbonyl (C=O) groups excluding carboxylic acids is 1. The number of rotatable bonds is 4. The molecule has 0 bridgehead atoms. The lowest BCUT2D eigenvalue weighted by molar-refractivity contribution is 0.219. The van der Waals surface area contributed by atoms with Crippen molar-refractivity contribution in [3.63, 3.8) is 0 Å². The highest BCUT2D eigenvalue weighted by Crippen LogP contribution is 2.16. The second kappa shape index (κ2) is 4.99. The Kier molecular flexibility index (Phi) is 3.41. The predicted molar refractivity (Wildman–Crippen MR) is 59.8 cm³/mol. The molecule has 1 heterocycles. The number of amides is 2. The van der Waals surface area contributed by atoms with E-state index in [9.17, 15) is 13.6 Å². The van der Waals surface area contributed by atoms with Gasteiger partial charge in [0.1, 0.15) is 0 Å². The molecule has 1 aromatic carbocycles. The molecule has 2 amide bonds. The second-order valence-corrected chi connectivity index (χ2v) is 3.75. The Hall–Kier alpha value is -1.85. The molecule has 4 nitrogen and oxygen atoms in total. The van der Waals surface area contributed by atoms with Gasteiger partial charge in [-0.25, -0.2) is 13.6 Å². The molecule has 0 radical (unpaired) electrons. The molecule has 0 spiro atoms. The van der Waals surface area contributed by atoms with Crippen LogP contribution >= 0.6 is 0 Å². The Balaban J connectivity index is 1.86. The number of urea groups is 1. The zero-order chi connectivity index (χ0) is 12.3. The summed E-state index contributed by atoms with van der Waals surface area (Å²) in [4.78, 5) is 12.8. The summed E-state index contributed by atoms with van der Waals surface area (Å²) in [5.74, 6) is -1.77. The number of anilines is 1. The molecular formula is C11H13F2N3O. The third kappa shape index (κ3) is 2.64. The van der Waals surface area contributed by atoms with Gasteiger partial charge in [-0.15, -0.1) is 0 Å². The zero-order valence-corrected chi connectivity index (χ0v) is 9.17. The number of carbonyl (C=O) groups is 1. The van der Waals surface area contributed by atoms with Crippen molar-refractivity contribution in [1.29, 1.82) is 0 Å². The summed E-state index contributed by atoms with van der Waals surface area (Å²) < 4.78 is 26.1. The lowest BCUT2D eigenvalue weighted by atomic mass is 10.3. The Labute approximate surface area is 97.6 Å². The molecule has 6 heteroatoms. The highest BCUT2D eigenvalue weighted by atomic mass is 19.2. The van der Waals surface area contributed by atoms with Crippen molar-refractivity contribution < 1.29 is 13.6 Å². The minimum Gasteiger partial charge on any atom is -0.381 e. The van der Waals surface area contributed by atoms with Crippen molar-refractivity contribution in [2.24, 2.45) is 0 Å². The third-order valence-corrected chi connectivity index (χ3v) is 2.59. The van der Waals surface area contributed by atoms with Crippen molar-refractivity contribution in [1.82, 2.24) is 10.2 Å². The molecule has 0 aromatic heterocycles. The summed E-state index contributed by atoms with van der Waals surface area (Å²) in [6, 6.07) is 3.84. The van der Waals surface area contributed by atoms with Gasteiger partial charge < -0.3 is 15.5 Å². The van der Waals surface area contributed by atoms with Crippen molar-refractivity contribution in [3.8, 4) is 0 Å². The minimum absolute atomic E-state index is 0.115. The zero-order valence-electron chi connectivity index (χ0n) is 9.17. The van der Waals surface area contributed by atoms with Crippen LogP contribution in [0.3, 0.4) is 0 Å². The summed E-state index contributed by atoms with van der Waals surface area (Å²) in [6.45, 7) is 2.12. The molecule has 1 saturated heterocycles. The smallest absolute Gasteiger partial charge is 0.317 e. The van der Waals surface area contributed by atoms with Crippen LogP contribution in [0.4, 0.5) is 19.3 Å². The maximum absolute atomic E-state index is 13.2. The molecule has 0 saturated carbocycles. The first-order valence-corrected chi connectivity index (χ1v) is 5.39. The standard InChI is InChI=1S/C11H13F2N3O/c12-8-2-1-3-9(10(8)13)14-4-6-16-7-5-15-11(16)17/h1-3,14H,4-7H2,(H,15,17). The van der Waals surface area contributed by atoms with E-state index < -0.39 is 11.6 Å². The van der Waals surface area contributed by atoms with Gasteiger partial charge in [-0.2, -0.15) is 0 Å². The summed E-state index contributed by atoms with van der Waals surface area (Å²) in [7, 11) is 0. The van der Waals surface area contributed by atoms with Gasteiger partial charge >= 0.3 is 6.03 Å². The van der Waals surface area contributed by atoms with Crippen molar-refractivity contribution in [2.75, 3.05) is 31.5 Å². The van der Waals surface area contributed by atoms with Gasteiger partial charge in [0, 0.05) is 26.2 Å². The van der Waals surface area contributed by atoms with E-state index in [1.807, 2.05) is 0 Å². The molecule has 0 aliphatic carbocycles. The third-order valence-electron chi connectivity index (χ3n) is 2.59. The molecule has 2 N–H and O–H groups in total. The van der Waals surface area contributed by atoms with Gasteiger partial charge in [0.05, 0.1) is 5.69 Å². The summed E-state index contributed by atoms with van der Waals surface area (Å²) in [5, 5.41) is 5.43. The van der Waals surface area contributed by atoms with Gasteiger partial charge in [0.25, 0.3) is 0 Å². The SMILES string of the molecule is O=C1NCCN1CCNc1cccc(F)c1F. The van der Waals surface area contributed by atoms with E-state index in [2.05, 4.69) is 10.6 Å². The maximum Gasteiger partial charge on any atom is 0.317 e. The van der Waals surface area contributed by atoms with E-state index in [4.69, 9.17) is 0 Å². The Morgan fingerprint density at radius 2 is 2.24 bits per heavy atom. The average molecular weight is 241 g/mol. The van der Waals surface area contributed by atoms with Crippen LogP contribution in [0.5, 0.6) is 0 Å². The van der Waals surface area contributed by atoms with Gasteiger partial charge in [-0.3, -0.25) is 0 Å². The number of nitrogens with zero attached hydrogens (tertiary/aromatic N) is 1. The first-order chi connectivity index (χ1) is 8.18. The molecule has 1 fully saturated rings. The number of hydrogen-bond acceptors (Lipinski definition) is 2. The monoisotopic (exact) mass is 241 g/mol. The van der Waals surface area contributed by atoms with E-state index in [1.165, 1.54) is 12.1 Å². The minimum atomic E-state index is -0.890.